The molecule has 0 aromatic rings. The zero-order valence-corrected chi connectivity index (χ0v) is 15.3. The number of hydrogen-bond donors (Lipinski definition) is 1. The summed E-state index contributed by atoms with van der Waals surface area (Å²) in [5.74, 6) is 1.21. The molecule has 0 spiro atoms. The highest BCUT2D eigenvalue weighted by Crippen LogP contribution is 2.36. The van der Waals surface area contributed by atoms with E-state index in [1.54, 1.807) is 0 Å². The summed E-state index contributed by atoms with van der Waals surface area (Å²) in [6.07, 6.45) is 8.42. The van der Waals surface area contributed by atoms with Gasteiger partial charge in [-0.2, -0.15) is 0 Å². The number of nitrogens with two attached hydrogens (primary N) is 1. The highest BCUT2D eigenvalue weighted by atomic mass is 16.2. The van der Waals surface area contributed by atoms with Crippen LogP contribution in [-0.4, -0.2) is 53.5 Å². The van der Waals surface area contributed by atoms with Gasteiger partial charge in [0.05, 0.1) is 6.54 Å². The molecular weight excluding hydrogens is 286 g/mol. The van der Waals surface area contributed by atoms with Crippen LogP contribution in [0.15, 0.2) is 0 Å². The van der Waals surface area contributed by atoms with Crippen molar-refractivity contribution >= 4 is 5.91 Å². The highest BCUT2D eigenvalue weighted by Gasteiger charge is 2.40. The summed E-state index contributed by atoms with van der Waals surface area (Å²) in [4.78, 5) is 17.6. The molecule has 0 aromatic carbocycles. The van der Waals surface area contributed by atoms with Crippen LogP contribution in [0, 0.1) is 11.3 Å². The first-order chi connectivity index (χ1) is 10.9. The molecule has 4 heteroatoms. The molecular formula is C19H35N3O. The Hall–Kier alpha value is -0.610. The second-order valence-corrected chi connectivity index (χ2v) is 9.04. The lowest BCUT2D eigenvalue weighted by molar-refractivity contribution is -0.137. The molecule has 132 valence electrons. The van der Waals surface area contributed by atoms with E-state index in [2.05, 4.69) is 30.6 Å². The predicted octanol–water partition coefficient (Wildman–Crippen LogP) is 2.62. The standard InChI is InChI=1S/C19H35N3O/c1-14-4-6-15(7-5-14)22(16-8-9-16)18(23)12-21-11-10-17(20)19(2,3)13-21/h14-17H,4-13,20H2,1-3H3. The van der Waals surface area contributed by atoms with E-state index >= 15 is 0 Å². The number of piperidine rings is 1. The number of carbonyl (C=O) groups excluding carboxylic acids is 1. The molecule has 3 fully saturated rings. The van der Waals surface area contributed by atoms with Gasteiger partial charge < -0.3 is 10.6 Å². The topological polar surface area (TPSA) is 49.6 Å². The van der Waals surface area contributed by atoms with Crippen LogP contribution in [0.4, 0.5) is 0 Å². The van der Waals surface area contributed by atoms with Crippen molar-refractivity contribution in [3.8, 4) is 0 Å². The van der Waals surface area contributed by atoms with Crippen molar-refractivity contribution in [2.45, 2.75) is 83.8 Å². The maximum atomic E-state index is 13.0. The van der Waals surface area contributed by atoms with Crippen molar-refractivity contribution < 1.29 is 4.79 Å². The fraction of sp³-hybridized carbons (Fsp3) is 0.947. The third-order valence-electron chi connectivity index (χ3n) is 6.36. The molecule has 3 aliphatic rings. The van der Waals surface area contributed by atoms with Gasteiger partial charge >= 0.3 is 0 Å². The number of amides is 1. The van der Waals surface area contributed by atoms with Crippen LogP contribution in [0.2, 0.25) is 0 Å². The molecule has 23 heavy (non-hydrogen) atoms. The number of nitrogens with zero attached hydrogens (tertiary/aromatic N) is 2. The second kappa shape index (κ2) is 6.72. The zero-order valence-electron chi connectivity index (χ0n) is 15.3. The van der Waals surface area contributed by atoms with Crippen molar-refractivity contribution in [1.29, 1.82) is 0 Å². The Balaban J connectivity index is 1.59. The lowest BCUT2D eigenvalue weighted by Crippen LogP contribution is -2.55. The molecule has 4 nitrogen and oxygen atoms in total. The van der Waals surface area contributed by atoms with Crippen molar-refractivity contribution in [3.63, 3.8) is 0 Å². The van der Waals surface area contributed by atoms with E-state index in [0.717, 1.165) is 25.4 Å². The molecule has 1 heterocycles. The Morgan fingerprint density at radius 3 is 2.17 bits per heavy atom. The van der Waals surface area contributed by atoms with E-state index in [1.807, 2.05) is 0 Å². The molecule has 0 radical (unpaired) electrons. The van der Waals surface area contributed by atoms with E-state index in [9.17, 15) is 4.79 Å². The summed E-state index contributed by atoms with van der Waals surface area (Å²) in [6, 6.07) is 1.31. The molecule has 2 saturated carbocycles. The maximum Gasteiger partial charge on any atom is 0.237 e. The quantitative estimate of drug-likeness (QED) is 0.866. The first-order valence-electron chi connectivity index (χ1n) is 9.66. The van der Waals surface area contributed by atoms with Crippen molar-refractivity contribution in [3.05, 3.63) is 0 Å². The molecule has 2 N–H and O–H groups in total. The monoisotopic (exact) mass is 321 g/mol. The van der Waals surface area contributed by atoms with E-state index < -0.39 is 0 Å². The van der Waals surface area contributed by atoms with E-state index in [4.69, 9.17) is 5.73 Å². The lowest BCUT2D eigenvalue weighted by Gasteiger charge is -2.43. The first-order valence-corrected chi connectivity index (χ1v) is 9.66. The molecule has 2 aliphatic carbocycles. The van der Waals surface area contributed by atoms with Crippen molar-refractivity contribution in [1.82, 2.24) is 9.80 Å². The Morgan fingerprint density at radius 1 is 1.09 bits per heavy atom. The average Bonchev–Trinajstić information content (AvgIpc) is 3.30. The van der Waals surface area contributed by atoms with Gasteiger partial charge in [-0.25, -0.2) is 0 Å². The van der Waals surface area contributed by atoms with Crippen LogP contribution in [0.5, 0.6) is 0 Å². The van der Waals surface area contributed by atoms with Gasteiger partial charge in [-0.15, -0.1) is 0 Å². The Morgan fingerprint density at radius 2 is 1.65 bits per heavy atom. The fourth-order valence-electron chi connectivity index (χ4n) is 4.47. The second-order valence-electron chi connectivity index (χ2n) is 9.04. The van der Waals surface area contributed by atoms with E-state index in [-0.39, 0.29) is 11.5 Å². The molecule has 0 bridgehead atoms. The van der Waals surface area contributed by atoms with Gasteiger partial charge in [0.1, 0.15) is 0 Å². The van der Waals surface area contributed by atoms with Crippen molar-refractivity contribution in [2.24, 2.45) is 17.1 Å². The Labute approximate surface area is 141 Å². The molecule has 1 saturated heterocycles. The fourth-order valence-corrected chi connectivity index (χ4v) is 4.47. The molecule has 3 rings (SSSR count). The van der Waals surface area contributed by atoms with Gasteiger partial charge in [0.2, 0.25) is 5.91 Å². The smallest absolute Gasteiger partial charge is 0.237 e. The van der Waals surface area contributed by atoms with Gasteiger partial charge in [-0.05, 0) is 56.3 Å². The van der Waals surface area contributed by atoms with Crippen LogP contribution in [0.3, 0.4) is 0 Å². The molecule has 1 atom stereocenters. The van der Waals surface area contributed by atoms with Crippen LogP contribution >= 0.6 is 0 Å². The largest absolute Gasteiger partial charge is 0.336 e. The van der Waals surface area contributed by atoms with Gasteiger partial charge in [-0.1, -0.05) is 20.8 Å². The Kier molecular flexibility index (Phi) is 5.03. The van der Waals surface area contributed by atoms with Crippen LogP contribution in [0.25, 0.3) is 0 Å². The zero-order chi connectivity index (χ0) is 16.6. The maximum absolute atomic E-state index is 13.0. The van der Waals surface area contributed by atoms with E-state index in [0.29, 0.717) is 24.5 Å². The van der Waals surface area contributed by atoms with Gasteiger partial charge in [-0.3, -0.25) is 9.69 Å². The summed E-state index contributed by atoms with van der Waals surface area (Å²) >= 11 is 0. The lowest BCUT2D eigenvalue weighted by atomic mass is 9.79. The average molecular weight is 322 g/mol. The number of hydrogen-bond acceptors (Lipinski definition) is 3. The minimum absolute atomic E-state index is 0.114. The SMILES string of the molecule is CC1CCC(N(C(=O)CN2CCC(N)C(C)(C)C2)C2CC2)CC1. The molecule has 1 unspecified atom stereocenters. The third kappa shape index (κ3) is 4.08. The predicted molar refractivity (Wildman–Crippen MR) is 94.1 cm³/mol. The van der Waals surface area contributed by atoms with Gasteiger partial charge in [0.25, 0.3) is 0 Å². The summed E-state index contributed by atoms with van der Waals surface area (Å²) < 4.78 is 0. The summed E-state index contributed by atoms with van der Waals surface area (Å²) in [5, 5.41) is 0. The summed E-state index contributed by atoms with van der Waals surface area (Å²) in [5.41, 5.74) is 6.35. The number of likely N-dealkylation sites (tertiary alicyclic amines) is 1. The summed E-state index contributed by atoms with van der Waals surface area (Å²) in [7, 11) is 0. The first kappa shape index (κ1) is 17.2. The third-order valence-corrected chi connectivity index (χ3v) is 6.36. The molecule has 1 amide bonds. The number of carbonyl (C=O) groups is 1. The normalized spacial score (nSPS) is 35.0. The minimum Gasteiger partial charge on any atom is -0.336 e. The van der Waals surface area contributed by atoms with Gasteiger partial charge in [0, 0.05) is 31.2 Å². The van der Waals surface area contributed by atoms with Crippen molar-refractivity contribution in [2.75, 3.05) is 19.6 Å². The van der Waals surface area contributed by atoms with Crippen LogP contribution in [-0.2, 0) is 4.79 Å². The van der Waals surface area contributed by atoms with Gasteiger partial charge in [0.15, 0.2) is 0 Å². The van der Waals surface area contributed by atoms with E-state index in [1.165, 1.54) is 38.5 Å². The highest BCUT2D eigenvalue weighted by molar-refractivity contribution is 5.79. The van der Waals surface area contributed by atoms with Crippen LogP contribution < -0.4 is 5.73 Å². The molecule has 0 aromatic heterocycles. The Bertz CT molecular complexity index is 424. The number of rotatable bonds is 4. The minimum atomic E-state index is 0.114. The molecule has 1 aliphatic heterocycles. The summed E-state index contributed by atoms with van der Waals surface area (Å²) in [6.45, 7) is 9.32. The van der Waals surface area contributed by atoms with Crippen LogP contribution in [0.1, 0.15) is 65.7 Å².